The molecule has 0 unspecified atom stereocenters. The summed E-state index contributed by atoms with van der Waals surface area (Å²) in [7, 11) is -13.6. The minimum absolute atomic E-state index is 0.00166. The molecule has 0 saturated carbocycles. The van der Waals surface area contributed by atoms with Crippen molar-refractivity contribution in [2.24, 2.45) is 20.5 Å². The predicted molar refractivity (Wildman–Crippen MR) is 200 cm³/mol. The van der Waals surface area contributed by atoms with E-state index in [1.165, 1.54) is 84.9 Å². The summed E-state index contributed by atoms with van der Waals surface area (Å²) in [5.74, 6) is 0.0499. The number of azo groups is 2. The van der Waals surface area contributed by atoms with Gasteiger partial charge in [0.2, 0.25) is 0 Å². The van der Waals surface area contributed by atoms with Gasteiger partial charge in [-0.05, 0) is 104 Å². The van der Waals surface area contributed by atoms with Crippen molar-refractivity contribution in [2.75, 3.05) is 5.32 Å². The quantitative estimate of drug-likeness (QED) is 0.0344. The monoisotopic (exact) mass is 802 g/mol. The van der Waals surface area contributed by atoms with Crippen LogP contribution in [-0.2, 0) is 30.4 Å². The van der Waals surface area contributed by atoms with E-state index in [0.717, 1.165) is 29.8 Å². The van der Waals surface area contributed by atoms with Gasteiger partial charge in [-0.2, -0.15) is 40.6 Å². The van der Waals surface area contributed by atoms with Gasteiger partial charge in [0.05, 0.1) is 33.4 Å². The lowest BCUT2D eigenvalue weighted by Crippen LogP contribution is -2.09. The smallest absolute Gasteiger partial charge is 0.339 e. The molecule has 20 heteroatoms. The van der Waals surface area contributed by atoms with Gasteiger partial charge in [-0.1, -0.05) is 17.7 Å². The number of anilines is 2. The van der Waals surface area contributed by atoms with E-state index < -0.39 is 50.8 Å². The molecule has 0 aliphatic heterocycles. The second-order valence-corrected chi connectivity index (χ2v) is 15.9. The van der Waals surface area contributed by atoms with Crippen LogP contribution >= 0.6 is 0 Å². The van der Waals surface area contributed by atoms with Gasteiger partial charge in [-0.3, -0.25) is 19.2 Å². The Morgan fingerprint density at radius 2 is 1.20 bits per heavy atom. The maximum absolute atomic E-state index is 12.6. The first-order valence-electron chi connectivity index (χ1n) is 15.6. The molecule has 0 aliphatic rings. The van der Waals surface area contributed by atoms with E-state index in [-0.39, 0.29) is 33.1 Å². The van der Waals surface area contributed by atoms with Crippen molar-refractivity contribution >= 4 is 80.9 Å². The molecule has 6 rings (SSSR count). The van der Waals surface area contributed by atoms with Crippen molar-refractivity contribution in [1.82, 2.24) is 0 Å². The number of nitrogens with zero attached hydrogens (tertiary/aromatic N) is 5. The molecule has 17 nitrogen and oxygen atoms in total. The molecule has 0 saturated heterocycles. The fourth-order valence-electron chi connectivity index (χ4n) is 5.05. The van der Waals surface area contributed by atoms with Crippen LogP contribution in [0.2, 0.25) is 0 Å². The Morgan fingerprint density at radius 1 is 0.618 bits per heavy atom. The second kappa shape index (κ2) is 15.1. The van der Waals surface area contributed by atoms with Crippen molar-refractivity contribution in [3.05, 3.63) is 137 Å². The van der Waals surface area contributed by atoms with Gasteiger partial charge in [-0.15, -0.1) is 5.11 Å². The van der Waals surface area contributed by atoms with Gasteiger partial charge in [0, 0.05) is 28.6 Å². The molecule has 0 amide bonds. The van der Waals surface area contributed by atoms with Crippen LogP contribution in [0.1, 0.15) is 5.56 Å². The maximum atomic E-state index is 12.6. The molecule has 0 atom stereocenters. The molecule has 0 heterocycles. The first kappa shape index (κ1) is 38.3. The van der Waals surface area contributed by atoms with Crippen LogP contribution in [0, 0.1) is 17.0 Å². The molecule has 6 aromatic rings. The number of nitro groups is 1. The van der Waals surface area contributed by atoms with Crippen molar-refractivity contribution < 1.29 is 43.5 Å². The van der Waals surface area contributed by atoms with Gasteiger partial charge in [0.1, 0.15) is 20.4 Å². The van der Waals surface area contributed by atoms with E-state index in [1.54, 1.807) is 12.1 Å². The molecule has 0 fully saturated rings. The van der Waals surface area contributed by atoms with Crippen LogP contribution in [0.3, 0.4) is 0 Å². The number of nitrogens with one attached hydrogen (secondary N) is 1. The minimum Gasteiger partial charge on any atom is -0.379 e. The summed E-state index contributed by atoms with van der Waals surface area (Å²) in [5.41, 5.74) is 1.69. The summed E-state index contributed by atoms with van der Waals surface area (Å²) >= 11 is 0. The van der Waals surface area contributed by atoms with Crippen LogP contribution in [0.15, 0.2) is 156 Å². The van der Waals surface area contributed by atoms with E-state index in [9.17, 15) is 44.5 Å². The summed E-state index contributed by atoms with van der Waals surface area (Å²) < 4.78 is 98.1. The Hall–Kier alpha value is -6.45. The number of aryl methyl sites for hydroxylation is 1. The topological polar surface area (TPSA) is 257 Å². The Labute approximate surface area is 313 Å². The number of nitro benzene ring substituents is 1. The van der Waals surface area contributed by atoms with Crippen LogP contribution in [0.25, 0.3) is 10.8 Å². The average Bonchev–Trinajstić information content (AvgIpc) is 3.13. The Bertz CT molecular complexity index is 2850. The largest absolute Gasteiger partial charge is 0.379 e. The summed E-state index contributed by atoms with van der Waals surface area (Å²) in [6.07, 6.45) is 0. The van der Waals surface area contributed by atoms with Gasteiger partial charge >= 0.3 is 10.1 Å². The molecular formula is C35H26N6O11S3. The van der Waals surface area contributed by atoms with Crippen LogP contribution in [0.5, 0.6) is 5.75 Å². The number of non-ortho nitro benzene ring substituents is 1. The van der Waals surface area contributed by atoms with Crippen molar-refractivity contribution in [1.29, 1.82) is 0 Å². The molecule has 6 aromatic carbocycles. The predicted octanol–water partition coefficient (Wildman–Crippen LogP) is 8.89. The van der Waals surface area contributed by atoms with E-state index >= 15 is 0 Å². The summed E-state index contributed by atoms with van der Waals surface area (Å²) in [4.78, 5) is 9.17. The van der Waals surface area contributed by atoms with E-state index in [1.807, 2.05) is 6.92 Å². The third kappa shape index (κ3) is 9.20. The summed E-state index contributed by atoms with van der Waals surface area (Å²) in [5, 5.41) is 30.9. The lowest BCUT2D eigenvalue weighted by molar-refractivity contribution is -0.385. The third-order valence-electron chi connectivity index (χ3n) is 7.72. The first-order chi connectivity index (χ1) is 26.0. The molecule has 55 heavy (non-hydrogen) atoms. The number of rotatable bonds is 12. The van der Waals surface area contributed by atoms with Crippen LogP contribution < -0.4 is 9.50 Å². The molecule has 3 N–H and O–H groups in total. The molecule has 280 valence electrons. The maximum Gasteiger partial charge on any atom is 0.339 e. The number of fused-ring (bicyclic) bond motifs is 1. The number of benzene rings is 6. The van der Waals surface area contributed by atoms with Gasteiger partial charge in [0.15, 0.2) is 0 Å². The molecule has 0 spiro atoms. The third-order valence-corrected chi connectivity index (χ3v) is 10.8. The highest BCUT2D eigenvalue weighted by Gasteiger charge is 2.21. The summed E-state index contributed by atoms with van der Waals surface area (Å²) in [6, 6.07) is 27.8. The van der Waals surface area contributed by atoms with Gasteiger partial charge < -0.3 is 9.50 Å². The van der Waals surface area contributed by atoms with E-state index in [0.29, 0.717) is 22.4 Å². The Morgan fingerprint density at radius 3 is 1.82 bits per heavy atom. The molecule has 0 radical (unpaired) electrons. The highest BCUT2D eigenvalue weighted by atomic mass is 32.2. The summed E-state index contributed by atoms with van der Waals surface area (Å²) in [6.45, 7) is 1.83. The van der Waals surface area contributed by atoms with Crippen LogP contribution in [0.4, 0.5) is 39.8 Å². The van der Waals surface area contributed by atoms with E-state index in [2.05, 4.69) is 25.8 Å². The number of hydrogen-bond donors (Lipinski definition) is 3. The highest BCUT2D eigenvalue weighted by molar-refractivity contribution is 7.87. The standard InChI is InChI=1S/C35H26N6O11S3/c1-22-2-14-29(15-3-22)55(50,51)52-28-12-8-25(9-13-28)37-39-26-10-16-30-31(20-26)34(53(44,45)46)19-18-32(30)40-38-24-6-4-23(5-7-24)36-33-17-11-27(41(42)43)21-35(33)54(47,48)49/h2-21,36H,1H3,(H,44,45,46)(H,47,48,49). The Balaban J connectivity index is 1.21. The molecule has 0 aromatic heterocycles. The average molecular weight is 803 g/mol. The highest BCUT2D eigenvalue weighted by Crippen LogP contribution is 2.36. The van der Waals surface area contributed by atoms with E-state index in [4.69, 9.17) is 4.18 Å². The SMILES string of the molecule is Cc1ccc(S(=O)(=O)Oc2ccc(N=Nc3ccc4c(N=Nc5ccc(Nc6ccc([N+](=O)[O-])cc6S(=O)(=O)O)cc5)ccc(S(=O)(=O)O)c4c3)cc2)cc1. The normalized spacial score (nSPS) is 12.3. The molecule has 0 bridgehead atoms. The van der Waals surface area contributed by atoms with Gasteiger partial charge in [-0.25, -0.2) is 0 Å². The fraction of sp³-hybridized carbons (Fsp3) is 0.0286. The molecule has 0 aliphatic carbocycles. The zero-order valence-corrected chi connectivity index (χ0v) is 30.5. The first-order valence-corrected chi connectivity index (χ1v) is 19.9. The fourth-order valence-corrected chi connectivity index (χ4v) is 7.33. The lowest BCUT2D eigenvalue weighted by atomic mass is 10.1. The zero-order chi connectivity index (χ0) is 39.5. The van der Waals surface area contributed by atoms with Crippen molar-refractivity contribution in [3.63, 3.8) is 0 Å². The van der Waals surface area contributed by atoms with Gasteiger partial charge in [0.25, 0.3) is 25.9 Å². The van der Waals surface area contributed by atoms with Crippen molar-refractivity contribution in [3.8, 4) is 5.75 Å². The number of hydrogen-bond acceptors (Lipinski definition) is 14. The van der Waals surface area contributed by atoms with Crippen molar-refractivity contribution in [2.45, 2.75) is 21.6 Å². The van der Waals surface area contributed by atoms with Crippen LogP contribution in [-0.4, -0.2) is 39.3 Å². The Kier molecular flexibility index (Phi) is 10.5. The minimum atomic E-state index is -4.81. The second-order valence-electron chi connectivity index (χ2n) is 11.6. The lowest BCUT2D eigenvalue weighted by Gasteiger charge is -2.10. The zero-order valence-electron chi connectivity index (χ0n) is 28.1. The molecular weight excluding hydrogens is 777 g/mol.